The Hall–Kier alpha value is -1.42. The van der Waals surface area contributed by atoms with Gasteiger partial charge in [0.2, 0.25) is 5.91 Å². The monoisotopic (exact) mass is 238 g/mol. The fourth-order valence-electron chi connectivity index (χ4n) is 1.64. The van der Waals surface area contributed by atoms with Gasteiger partial charge in [0.1, 0.15) is 5.82 Å². The van der Waals surface area contributed by atoms with Crippen molar-refractivity contribution in [2.24, 2.45) is 0 Å². The highest BCUT2D eigenvalue weighted by Crippen LogP contribution is 2.21. The third-order valence-corrected chi connectivity index (χ3v) is 3.09. The van der Waals surface area contributed by atoms with Crippen molar-refractivity contribution in [2.75, 3.05) is 14.1 Å². The van der Waals surface area contributed by atoms with E-state index in [0.29, 0.717) is 5.56 Å². The standard InChI is InChI=1S/C13H19FN2O/c1-9(15-3)13(17)16(4)10(2)11-7-5-6-8-12(11)14/h5-10,15H,1-4H3. The van der Waals surface area contributed by atoms with E-state index in [1.807, 2.05) is 6.92 Å². The Morgan fingerprint density at radius 3 is 2.47 bits per heavy atom. The molecule has 0 aliphatic heterocycles. The van der Waals surface area contributed by atoms with Crippen LogP contribution in [0, 0.1) is 5.82 Å². The van der Waals surface area contributed by atoms with Gasteiger partial charge in [0.15, 0.2) is 0 Å². The predicted molar refractivity (Wildman–Crippen MR) is 66.1 cm³/mol. The van der Waals surface area contributed by atoms with Gasteiger partial charge in [-0.1, -0.05) is 18.2 Å². The van der Waals surface area contributed by atoms with Crippen molar-refractivity contribution in [3.63, 3.8) is 0 Å². The summed E-state index contributed by atoms with van der Waals surface area (Å²) in [6, 6.07) is 5.98. The van der Waals surface area contributed by atoms with Crippen LogP contribution < -0.4 is 5.32 Å². The van der Waals surface area contributed by atoms with Crippen molar-refractivity contribution < 1.29 is 9.18 Å². The van der Waals surface area contributed by atoms with Gasteiger partial charge in [0, 0.05) is 12.6 Å². The van der Waals surface area contributed by atoms with Gasteiger partial charge in [-0.25, -0.2) is 4.39 Å². The van der Waals surface area contributed by atoms with Gasteiger partial charge in [-0.05, 0) is 27.0 Å². The molecule has 3 nitrogen and oxygen atoms in total. The zero-order valence-electron chi connectivity index (χ0n) is 10.7. The molecule has 0 aromatic heterocycles. The van der Waals surface area contributed by atoms with Crippen molar-refractivity contribution in [2.45, 2.75) is 25.9 Å². The van der Waals surface area contributed by atoms with E-state index < -0.39 is 0 Å². The van der Waals surface area contributed by atoms with Gasteiger partial charge in [-0.3, -0.25) is 4.79 Å². The molecule has 0 heterocycles. The number of rotatable bonds is 4. The lowest BCUT2D eigenvalue weighted by molar-refractivity contribution is -0.133. The first-order chi connectivity index (χ1) is 7.99. The molecule has 0 aliphatic carbocycles. The predicted octanol–water partition coefficient (Wildman–Crippen LogP) is 1.95. The number of carbonyl (C=O) groups excluding carboxylic acids is 1. The molecule has 1 N–H and O–H groups in total. The fraction of sp³-hybridized carbons (Fsp3) is 0.462. The van der Waals surface area contributed by atoms with E-state index in [1.54, 1.807) is 44.1 Å². The maximum absolute atomic E-state index is 13.6. The molecule has 2 unspecified atom stereocenters. The number of carbonyl (C=O) groups is 1. The molecule has 0 radical (unpaired) electrons. The number of likely N-dealkylation sites (N-methyl/N-ethyl adjacent to an activating group) is 2. The topological polar surface area (TPSA) is 32.3 Å². The largest absolute Gasteiger partial charge is 0.338 e. The zero-order valence-corrected chi connectivity index (χ0v) is 10.7. The van der Waals surface area contributed by atoms with Crippen molar-refractivity contribution in [1.29, 1.82) is 0 Å². The molecule has 1 rings (SSSR count). The third kappa shape index (κ3) is 3.03. The maximum atomic E-state index is 13.6. The molecule has 1 amide bonds. The van der Waals surface area contributed by atoms with Gasteiger partial charge in [-0.2, -0.15) is 0 Å². The second-order valence-corrected chi connectivity index (χ2v) is 4.16. The second-order valence-electron chi connectivity index (χ2n) is 4.16. The molecule has 0 aliphatic rings. The molecule has 0 fully saturated rings. The molecule has 2 atom stereocenters. The minimum atomic E-state index is -0.281. The van der Waals surface area contributed by atoms with Crippen molar-refractivity contribution in [1.82, 2.24) is 10.2 Å². The van der Waals surface area contributed by atoms with Crippen LogP contribution in [0.1, 0.15) is 25.5 Å². The first-order valence-electron chi connectivity index (χ1n) is 5.67. The van der Waals surface area contributed by atoms with Crippen LogP contribution in [0.2, 0.25) is 0 Å². The van der Waals surface area contributed by atoms with E-state index in [0.717, 1.165) is 0 Å². The Bertz CT molecular complexity index is 395. The summed E-state index contributed by atoms with van der Waals surface area (Å²) in [6.07, 6.45) is 0. The minimum absolute atomic E-state index is 0.0525. The first-order valence-corrected chi connectivity index (χ1v) is 5.67. The Labute approximate surface area is 102 Å². The number of benzene rings is 1. The molecule has 17 heavy (non-hydrogen) atoms. The van der Waals surface area contributed by atoms with Crippen LogP contribution in [0.15, 0.2) is 24.3 Å². The van der Waals surface area contributed by atoms with E-state index in [9.17, 15) is 9.18 Å². The normalized spacial score (nSPS) is 14.2. The van der Waals surface area contributed by atoms with Crippen molar-refractivity contribution >= 4 is 5.91 Å². The number of amides is 1. The van der Waals surface area contributed by atoms with Gasteiger partial charge < -0.3 is 10.2 Å². The summed E-state index contributed by atoms with van der Waals surface area (Å²) in [7, 11) is 3.41. The lowest BCUT2D eigenvalue weighted by Gasteiger charge is -2.28. The Balaban J connectivity index is 2.87. The third-order valence-electron chi connectivity index (χ3n) is 3.09. The van der Waals surface area contributed by atoms with Crippen molar-refractivity contribution in [3.8, 4) is 0 Å². The van der Waals surface area contributed by atoms with E-state index in [4.69, 9.17) is 0 Å². The highest BCUT2D eigenvalue weighted by molar-refractivity contribution is 5.81. The number of hydrogen-bond acceptors (Lipinski definition) is 2. The highest BCUT2D eigenvalue weighted by Gasteiger charge is 2.22. The molecule has 0 saturated carbocycles. The van der Waals surface area contributed by atoms with E-state index in [2.05, 4.69) is 5.32 Å². The van der Waals surface area contributed by atoms with Crippen molar-refractivity contribution in [3.05, 3.63) is 35.6 Å². The quantitative estimate of drug-likeness (QED) is 0.869. The molecule has 1 aromatic carbocycles. The molecule has 94 valence electrons. The van der Waals surface area contributed by atoms with Gasteiger partial charge in [0.25, 0.3) is 0 Å². The smallest absolute Gasteiger partial charge is 0.239 e. The molecular weight excluding hydrogens is 219 g/mol. The Morgan fingerprint density at radius 1 is 1.35 bits per heavy atom. The molecule has 0 spiro atoms. The van der Waals surface area contributed by atoms with Crippen LogP contribution >= 0.6 is 0 Å². The van der Waals surface area contributed by atoms with Crippen LogP contribution in [0.4, 0.5) is 4.39 Å². The van der Waals surface area contributed by atoms with E-state index in [1.165, 1.54) is 6.07 Å². The molecule has 0 bridgehead atoms. The summed E-state index contributed by atoms with van der Waals surface area (Å²) in [6.45, 7) is 3.60. The lowest BCUT2D eigenvalue weighted by atomic mass is 10.1. The lowest BCUT2D eigenvalue weighted by Crippen LogP contribution is -2.42. The van der Waals surface area contributed by atoms with Gasteiger partial charge in [-0.15, -0.1) is 0 Å². The molecule has 1 aromatic rings. The van der Waals surface area contributed by atoms with Crippen LogP contribution in [0.25, 0.3) is 0 Å². The summed E-state index contributed by atoms with van der Waals surface area (Å²) in [4.78, 5) is 13.5. The average molecular weight is 238 g/mol. The molecule has 0 saturated heterocycles. The molecule has 4 heteroatoms. The fourth-order valence-corrected chi connectivity index (χ4v) is 1.64. The minimum Gasteiger partial charge on any atom is -0.338 e. The second kappa shape index (κ2) is 5.77. The SMILES string of the molecule is CNC(C)C(=O)N(C)C(C)c1ccccc1F. The van der Waals surface area contributed by atoms with Crippen LogP contribution in [0.3, 0.4) is 0 Å². The average Bonchev–Trinajstić information content (AvgIpc) is 2.35. The van der Waals surface area contributed by atoms with Crippen LogP contribution in [-0.4, -0.2) is 30.9 Å². The van der Waals surface area contributed by atoms with Crippen LogP contribution in [-0.2, 0) is 4.79 Å². The number of halogens is 1. The summed E-state index contributed by atoms with van der Waals surface area (Å²) in [5.41, 5.74) is 0.534. The molecular formula is C13H19FN2O. The summed E-state index contributed by atoms with van der Waals surface area (Å²) in [5.74, 6) is -0.333. The Kier molecular flexibility index (Phi) is 4.63. The zero-order chi connectivity index (χ0) is 13.0. The van der Waals surface area contributed by atoms with Crippen LogP contribution in [0.5, 0.6) is 0 Å². The Morgan fingerprint density at radius 2 is 1.94 bits per heavy atom. The van der Waals surface area contributed by atoms with Gasteiger partial charge in [0.05, 0.1) is 12.1 Å². The summed E-state index contributed by atoms with van der Waals surface area (Å²) in [5, 5.41) is 2.88. The van der Waals surface area contributed by atoms with E-state index in [-0.39, 0.29) is 23.8 Å². The number of hydrogen-bond donors (Lipinski definition) is 1. The summed E-state index contributed by atoms with van der Waals surface area (Å²) < 4.78 is 13.6. The maximum Gasteiger partial charge on any atom is 0.239 e. The number of nitrogens with one attached hydrogen (secondary N) is 1. The van der Waals surface area contributed by atoms with E-state index >= 15 is 0 Å². The number of nitrogens with zero attached hydrogens (tertiary/aromatic N) is 1. The first kappa shape index (κ1) is 13.6. The summed E-state index contributed by atoms with van der Waals surface area (Å²) >= 11 is 0. The highest BCUT2D eigenvalue weighted by atomic mass is 19.1. The van der Waals surface area contributed by atoms with Gasteiger partial charge >= 0.3 is 0 Å².